The average molecular weight is 231 g/mol. The SMILES string of the molecule is C[C@H](O)Cn1ccc2c1-c1cc(F)ccc1C2. The molecule has 0 bridgehead atoms. The number of aliphatic hydroxyl groups excluding tert-OH is 1. The molecule has 1 aromatic carbocycles. The fourth-order valence-corrected chi connectivity index (χ4v) is 2.55. The number of halogens is 1. The van der Waals surface area contributed by atoms with Crippen LogP contribution >= 0.6 is 0 Å². The number of aliphatic hydroxyl groups is 1. The third-order valence-corrected chi connectivity index (χ3v) is 3.22. The van der Waals surface area contributed by atoms with Crippen molar-refractivity contribution in [2.24, 2.45) is 0 Å². The van der Waals surface area contributed by atoms with Crippen LogP contribution in [0.5, 0.6) is 0 Å². The van der Waals surface area contributed by atoms with Crippen molar-refractivity contribution in [3.05, 3.63) is 47.4 Å². The van der Waals surface area contributed by atoms with Crippen molar-refractivity contribution in [2.45, 2.75) is 26.0 Å². The summed E-state index contributed by atoms with van der Waals surface area (Å²) in [5, 5.41) is 9.46. The summed E-state index contributed by atoms with van der Waals surface area (Å²) >= 11 is 0. The van der Waals surface area contributed by atoms with Crippen LogP contribution in [0.1, 0.15) is 18.1 Å². The Hall–Kier alpha value is -1.61. The molecule has 0 aliphatic heterocycles. The van der Waals surface area contributed by atoms with Crippen LogP contribution in [-0.4, -0.2) is 15.8 Å². The van der Waals surface area contributed by atoms with Gasteiger partial charge in [-0.15, -0.1) is 0 Å². The zero-order valence-electron chi connectivity index (χ0n) is 9.65. The second kappa shape index (κ2) is 3.70. The Balaban J connectivity index is 2.12. The van der Waals surface area contributed by atoms with Crippen LogP contribution in [0.15, 0.2) is 30.5 Å². The second-order valence-electron chi connectivity index (χ2n) is 4.67. The number of rotatable bonds is 2. The van der Waals surface area contributed by atoms with Crippen molar-refractivity contribution in [3.63, 3.8) is 0 Å². The van der Waals surface area contributed by atoms with Gasteiger partial charge in [-0.3, -0.25) is 0 Å². The smallest absolute Gasteiger partial charge is 0.123 e. The molecule has 2 nitrogen and oxygen atoms in total. The molecule has 0 fully saturated rings. The fraction of sp³-hybridized carbons (Fsp3) is 0.286. The number of hydrogen-bond acceptors (Lipinski definition) is 1. The Labute approximate surface area is 99.3 Å². The third kappa shape index (κ3) is 1.67. The van der Waals surface area contributed by atoms with Crippen LogP contribution in [0.3, 0.4) is 0 Å². The van der Waals surface area contributed by atoms with Crippen LogP contribution in [0.2, 0.25) is 0 Å². The quantitative estimate of drug-likeness (QED) is 0.720. The van der Waals surface area contributed by atoms with Crippen LogP contribution in [0.25, 0.3) is 11.3 Å². The highest BCUT2D eigenvalue weighted by Crippen LogP contribution is 2.37. The van der Waals surface area contributed by atoms with E-state index in [9.17, 15) is 9.50 Å². The van der Waals surface area contributed by atoms with Crippen molar-refractivity contribution >= 4 is 0 Å². The first-order valence-corrected chi connectivity index (χ1v) is 5.80. The molecule has 0 saturated carbocycles. The van der Waals surface area contributed by atoms with E-state index in [1.807, 2.05) is 16.8 Å². The van der Waals surface area contributed by atoms with Gasteiger partial charge in [0, 0.05) is 24.7 Å². The Morgan fingerprint density at radius 3 is 2.94 bits per heavy atom. The predicted octanol–water partition coefficient (Wildman–Crippen LogP) is 2.58. The number of nitrogens with zero attached hydrogens (tertiary/aromatic N) is 1. The first-order chi connectivity index (χ1) is 8.15. The summed E-state index contributed by atoms with van der Waals surface area (Å²) in [6, 6.07) is 6.98. The van der Waals surface area contributed by atoms with Crippen LogP contribution < -0.4 is 0 Å². The maximum absolute atomic E-state index is 13.3. The van der Waals surface area contributed by atoms with Gasteiger partial charge in [-0.25, -0.2) is 4.39 Å². The lowest BCUT2D eigenvalue weighted by Crippen LogP contribution is -2.11. The van der Waals surface area contributed by atoms with Gasteiger partial charge in [0.25, 0.3) is 0 Å². The predicted molar refractivity (Wildman–Crippen MR) is 64.3 cm³/mol. The molecule has 0 amide bonds. The fourth-order valence-electron chi connectivity index (χ4n) is 2.55. The molecule has 0 saturated heterocycles. The number of fused-ring (bicyclic) bond motifs is 3. The van der Waals surface area contributed by atoms with Crippen molar-refractivity contribution < 1.29 is 9.50 Å². The van der Waals surface area contributed by atoms with Gasteiger partial charge in [0.2, 0.25) is 0 Å². The molecule has 1 aliphatic rings. The Morgan fingerprint density at radius 1 is 1.35 bits per heavy atom. The summed E-state index contributed by atoms with van der Waals surface area (Å²) in [6.45, 7) is 2.30. The van der Waals surface area contributed by atoms with E-state index in [1.165, 1.54) is 11.6 Å². The molecule has 0 radical (unpaired) electrons. The van der Waals surface area contributed by atoms with Gasteiger partial charge in [-0.2, -0.15) is 0 Å². The van der Waals surface area contributed by atoms with E-state index >= 15 is 0 Å². The molecule has 3 heteroatoms. The van der Waals surface area contributed by atoms with E-state index in [-0.39, 0.29) is 5.82 Å². The van der Waals surface area contributed by atoms with E-state index in [4.69, 9.17) is 0 Å². The van der Waals surface area contributed by atoms with Gasteiger partial charge in [-0.05, 0) is 36.2 Å². The van der Waals surface area contributed by atoms with E-state index in [1.54, 1.807) is 13.0 Å². The molecule has 1 aliphatic carbocycles. The molecule has 3 rings (SSSR count). The topological polar surface area (TPSA) is 25.2 Å². The molecule has 2 aromatic rings. The van der Waals surface area contributed by atoms with Gasteiger partial charge >= 0.3 is 0 Å². The van der Waals surface area contributed by atoms with Crippen molar-refractivity contribution in [1.82, 2.24) is 4.57 Å². The largest absolute Gasteiger partial charge is 0.392 e. The standard InChI is InChI=1S/C14H14FNO/c1-9(17)8-16-5-4-11-6-10-2-3-12(15)7-13(10)14(11)16/h2-5,7,9,17H,6,8H2,1H3/t9-/m0/s1. The lowest BCUT2D eigenvalue weighted by molar-refractivity contribution is 0.174. The summed E-state index contributed by atoms with van der Waals surface area (Å²) in [5.74, 6) is -0.207. The average Bonchev–Trinajstić information content (AvgIpc) is 2.78. The lowest BCUT2D eigenvalue weighted by Gasteiger charge is -2.11. The van der Waals surface area contributed by atoms with E-state index in [0.29, 0.717) is 6.54 Å². The molecule has 0 spiro atoms. The zero-order chi connectivity index (χ0) is 12.0. The molecular formula is C14H14FNO. The van der Waals surface area contributed by atoms with Gasteiger partial charge in [0.1, 0.15) is 5.82 Å². The summed E-state index contributed by atoms with van der Waals surface area (Å²) in [6.07, 6.45) is 2.42. The molecule has 1 atom stereocenters. The van der Waals surface area contributed by atoms with Crippen molar-refractivity contribution in [1.29, 1.82) is 0 Å². The monoisotopic (exact) mass is 231 g/mol. The molecule has 88 valence electrons. The molecular weight excluding hydrogens is 217 g/mol. The molecule has 1 heterocycles. The van der Waals surface area contributed by atoms with Crippen LogP contribution in [-0.2, 0) is 13.0 Å². The molecule has 0 unspecified atom stereocenters. The van der Waals surface area contributed by atoms with Gasteiger partial charge < -0.3 is 9.67 Å². The number of benzene rings is 1. The minimum Gasteiger partial charge on any atom is -0.392 e. The van der Waals surface area contributed by atoms with Gasteiger partial charge in [-0.1, -0.05) is 6.07 Å². The first-order valence-electron chi connectivity index (χ1n) is 5.80. The van der Waals surface area contributed by atoms with Crippen molar-refractivity contribution in [3.8, 4) is 11.3 Å². The van der Waals surface area contributed by atoms with Crippen LogP contribution in [0, 0.1) is 5.82 Å². The van der Waals surface area contributed by atoms with E-state index in [2.05, 4.69) is 6.07 Å². The van der Waals surface area contributed by atoms with E-state index in [0.717, 1.165) is 23.2 Å². The van der Waals surface area contributed by atoms with Crippen LogP contribution in [0.4, 0.5) is 4.39 Å². The Bertz CT molecular complexity index is 572. The number of aromatic nitrogens is 1. The zero-order valence-corrected chi connectivity index (χ0v) is 9.65. The summed E-state index contributed by atoms with van der Waals surface area (Å²) in [5.41, 5.74) is 4.40. The molecule has 1 aromatic heterocycles. The maximum Gasteiger partial charge on any atom is 0.123 e. The first kappa shape index (κ1) is 10.5. The summed E-state index contributed by atoms with van der Waals surface area (Å²) in [4.78, 5) is 0. The minimum absolute atomic E-state index is 0.207. The van der Waals surface area contributed by atoms with E-state index < -0.39 is 6.10 Å². The Morgan fingerprint density at radius 2 is 2.18 bits per heavy atom. The maximum atomic E-state index is 13.3. The number of hydrogen-bond donors (Lipinski definition) is 1. The highest BCUT2D eigenvalue weighted by molar-refractivity contribution is 5.74. The second-order valence-corrected chi connectivity index (χ2v) is 4.67. The lowest BCUT2D eigenvalue weighted by atomic mass is 10.1. The Kier molecular flexibility index (Phi) is 2.30. The van der Waals surface area contributed by atoms with Crippen molar-refractivity contribution in [2.75, 3.05) is 0 Å². The van der Waals surface area contributed by atoms with Gasteiger partial charge in [0.05, 0.1) is 11.8 Å². The molecule has 17 heavy (non-hydrogen) atoms. The molecule has 1 N–H and O–H groups in total. The minimum atomic E-state index is -0.399. The van der Waals surface area contributed by atoms with Gasteiger partial charge in [0.15, 0.2) is 0 Å². The highest BCUT2D eigenvalue weighted by Gasteiger charge is 2.22. The highest BCUT2D eigenvalue weighted by atomic mass is 19.1. The third-order valence-electron chi connectivity index (χ3n) is 3.22. The summed E-state index contributed by atoms with van der Waals surface area (Å²) in [7, 11) is 0. The normalized spacial score (nSPS) is 14.5. The summed E-state index contributed by atoms with van der Waals surface area (Å²) < 4.78 is 15.3.